The van der Waals surface area contributed by atoms with Crippen LogP contribution in [0.5, 0.6) is 0 Å². The van der Waals surface area contributed by atoms with Crippen LogP contribution in [0.3, 0.4) is 0 Å². The average Bonchev–Trinajstić information content (AvgIpc) is 2.67. The Labute approximate surface area is 152 Å². The third-order valence-corrected chi connectivity index (χ3v) is 3.28. The highest BCUT2D eigenvalue weighted by Crippen LogP contribution is 2.28. The smallest absolute Gasteiger partial charge is 0.336 e. The molecule has 0 aliphatic carbocycles. The van der Waals surface area contributed by atoms with Crippen LogP contribution in [0, 0.1) is 0 Å². The zero-order valence-corrected chi connectivity index (χ0v) is 14.3. The highest BCUT2D eigenvalue weighted by atomic mass is 16.5. The van der Waals surface area contributed by atoms with E-state index in [-0.39, 0.29) is 13.2 Å². The van der Waals surface area contributed by atoms with Crippen LogP contribution in [-0.2, 0) is 4.74 Å². The Hall–Kier alpha value is -3.15. The number of aliphatic hydroxyl groups is 2. The summed E-state index contributed by atoms with van der Waals surface area (Å²) in [6.45, 7) is 6.26. The lowest BCUT2D eigenvalue weighted by Gasteiger charge is -2.07. The molecule has 136 valence electrons. The second kappa shape index (κ2) is 11.4. The molecule has 0 saturated carbocycles. The van der Waals surface area contributed by atoms with E-state index in [4.69, 9.17) is 10.2 Å². The van der Waals surface area contributed by atoms with Crippen LogP contribution in [0.2, 0.25) is 0 Å². The second-order valence-corrected chi connectivity index (χ2v) is 4.92. The van der Waals surface area contributed by atoms with Crippen LogP contribution in [0.25, 0.3) is 21.5 Å². The van der Waals surface area contributed by atoms with Gasteiger partial charge in [-0.3, -0.25) is 0 Å². The van der Waals surface area contributed by atoms with Crippen molar-refractivity contribution in [3.05, 3.63) is 85.8 Å². The summed E-state index contributed by atoms with van der Waals surface area (Å²) in [6.07, 6.45) is 2.62. The van der Waals surface area contributed by atoms with Gasteiger partial charge in [-0.25, -0.2) is 4.79 Å². The highest BCUT2D eigenvalue weighted by molar-refractivity contribution is 6.15. The van der Waals surface area contributed by atoms with Crippen LogP contribution in [0.1, 0.15) is 10.4 Å². The van der Waals surface area contributed by atoms with E-state index in [1.54, 1.807) is 0 Å². The van der Waals surface area contributed by atoms with Crippen LogP contribution in [0.4, 0.5) is 0 Å². The van der Waals surface area contributed by atoms with Crippen LogP contribution in [0.15, 0.2) is 80.3 Å². The molecule has 0 radical (unpaired) electrons. The van der Waals surface area contributed by atoms with E-state index < -0.39 is 5.97 Å². The molecular weight excluding hydrogens is 332 g/mol. The van der Waals surface area contributed by atoms with Crippen molar-refractivity contribution >= 4 is 27.5 Å². The Morgan fingerprint density at radius 2 is 1.31 bits per heavy atom. The van der Waals surface area contributed by atoms with Crippen molar-refractivity contribution < 1.29 is 24.9 Å². The van der Waals surface area contributed by atoms with E-state index in [0.29, 0.717) is 5.56 Å². The van der Waals surface area contributed by atoms with Crippen molar-refractivity contribution in [1.29, 1.82) is 0 Å². The average molecular weight is 354 g/mol. The minimum atomic E-state index is -0.877. The van der Waals surface area contributed by atoms with Gasteiger partial charge in [-0.1, -0.05) is 61.7 Å². The van der Waals surface area contributed by atoms with Crippen molar-refractivity contribution in [3.63, 3.8) is 0 Å². The Kier molecular flexibility index (Phi) is 9.17. The first-order valence-electron chi connectivity index (χ1n) is 7.83. The molecule has 0 spiro atoms. The zero-order chi connectivity index (χ0) is 19.4. The molecule has 5 heteroatoms. The first-order chi connectivity index (χ1) is 12.6. The number of carboxylic acids is 1. The van der Waals surface area contributed by atoms with Gasteiger partial charge in [0.1, 0.15) is 0 Å². The number of benzene rings is 3. The second-order valence-electron chi connectivity index (χ2n) is 4.92. The van der Waals surface area contributed by atoms with Gasteiger partial charge in [0.15, 0.2) is 0 Å². The molecule has 0 saturated heterocycles. The first kappa shape index (κ1) is 20.9. The maximum atomic E-state index is 11.4. The topological polar surface area (TPSA) is 87.0 Å². The summed E-state index contributed by atoms with van der Waals surface area (Å²) in [5, 5.41) is 28.1. The van der Waals surface area contributed by atoms with E-state index in [9.17, 15) is 9.90 Å². The molecule has 3 aromatic rings. The van der Waals surface area contributed by atoms with Gasteiger partial charge in [-0.05, 0) is 27.6 Å². The van der Waals surface area contributed by atoms with Crippen LogP contribution >= 0.6 is 0 Å². The van der Waals surface area contributed by atoms with Gasteiger partial charge in [0, 0.05) is 0 Å². The molecule has 0 fully saturated rings. The predicted molar refractivity (Wildman–Crippen MR) is 104 cm³/mol. The molecule has 3 N–H and O–H groups in total. The number of aromatic carboxylic acids is 1. The molecule has 3 rings (SSSR count). The zero-order valence-electron chi connectivity index (χ0n) is 14.3. The summed E-state index contributed by atoms with van der Waals surface area (Å²) in [7, 11) is 0. The summed E-state index contributed by atoms with van der Waals surface area (Å²) in [6, 6.07) is 17.2. The predicted octanol–water partition coefficient (Wildman–Crippen LogP) is 3.95. The molecule has 0 atom stereocenters. The summed E-state index contributed by atoms with van der Waals surface area (Å²) in [4.78, 5) is 11.4. The molecule has 0 aromatic heterocycles. The Morgan fingerprint density at radius 3 is 1.62 bits per heavy atom. The van der Waals surface area contributed by atoms with Crippen molar-refractivity contribution in [3.8, 4) is 0 Å². The van der Waals surface area contributed by atoms with Crippen LogP contribution in [-0.4, -0.2) is 34.5 Å². The fourth-order valence-electron chi connectivity index (χ4n) is 2.31. The van der Waals surface area contributed by atoms with Gasteiger partial charge in [-0.15, -0.1) is 0 Å². The third-order valence-electron chi connectivity index (χ3n) is 3.28. The fourth-order valence-corrected chi connectivity index (χ4v) is 2.31. The van der Waals surface area contributed by atoms with E-state index in [2.05, 4.69) is 17.9 Å². The Balaban J connectivity index is 0.000000317. The van der Waals surface area contributed by atoms with Gasteiger partial charge in [-0.2, -0.15) is 0 Å². The normalized spacial score (nSPS) is 9.31. The SMILES string of the molecule is C=COC=C.O=C(O)c1c2ccccc2cc2ccccc12.OCCO. The van der Waals surface area contributed by atoms with Crippen molar-refractivity contribution in [2.75, 3.05) is 13.2 Å². The molecule has 0 bridgehead atoms. The Bertz CT molecular complexity index is 809. The van der Waals surface area contributed by atoms with Gasteiger partial charge in [0.2, 0.25) is 0 Å². The lowest BCUT2D eigenvalue weighted by molar-refractivity contribution is 0.0701. The minimum absolute atomic E-state index is 0.125. The Morgan fingerprint density at radius 1 is 0.885 bits per heavy atom. The maximum Gasteiger partial charge on any atom is 0.336 e. The number of hydrogen-bond donors (Lipinski definition) is 3. The molecular formula is C21H22O5. The molecule has 0 unspecified atom stereocenters. The first-order valence-corrected chi connectivity index (χ1v) is 7.83. The van der Waals surface area contributed by atoms with Crippen molar-refractivity contribution in [1.82, 2.24) is 0 Å². The standard InChI is InChI=1S/C15H10O2.C4H6O.C2H6O2/c16-15(17)14-12-7-3-1-5-10(12)9-11-6-2-4-8-13(11)14;1-3-5-4-2;3-1-2-4/h1-9H,(H,16,17);3-4H,1-2H2;3-4H,1-2H2. The number of rotatable bonds is 4. The quantitative estimate of drug-likeness (QED) is 0.488. The summed E-state index contributed by atoms with van der Waals surface area (Å²) in [5.41, 5.74) is 0.388. The van der Waals surface area contributed by atoms with Gasteiger partial charge in [0.25, 0.3) is 0 Å². The molecule has 26 heavy (non-hydrogen) atoms. The lowest BCUT2D eigenvalue weighted by atomic mass is 9.97. The number of carbonyl (C=O) groups is 1. The summed E-state index contributed by atoms with van der Waals surface area (Å²) in [5.74, 6) is -0.877. The molecule has 3 aromatic carbocycles. The van der Waals surface area contributed by atoms with E-state index >= 15 is 0 Å². The molecule has 0 aliphatic heterocycles. The van der Waals surface area contributed by atoms with Gasteiger partial charge >= 0.3 is 5.97 Å². The van der Waals surface area contributed by atoms with E-state index in [1.165, 1.54) is 12.5 Å². The number of hydrogen-bond acceptors (Lipinski definition) is 4. The van der Waals surface area contributed by atoms with Gasteiger partial charge in [0.05, 0.1) is 31.3 Å². The molecule has 0 heterocycles. The maximum absolute atomic E-state index is 11.4. The number of aliphatic hydroxyl groups excluding tert-OH is 2. The minimum Gasteiger partial charge on any atom is -0.478 e. The number of carboxylic acid groups (broad SMARTS) is 1. The molecule has 5 nitrogen and oxygen atoms in total. The number of fused-ring (bicyclic) bond motifs is 2. The summed E-state index contributed by atoms with van der Waals surface area (Å²) >= 11 is 0. The third kappa shape index (κ3) is 5.73. The van der Waals surface area contributed by atoms with E-state index in [0.717, 1.165) is 21.5 Å². The molecule has 0 aliphatic rings. The largest absolute Gasteiger partial charge is 0.478 e. The van der Waals surface area contributed by atoms with Crippen molar-refractivity contribution in [2.45, 2.75) is 0 Å². The lowest BCUT2D eigenvalue weighted by Crippen LogP contribution is -1.99. The van der Waals surface area contributed by atoms with E-state index in [1.807, 2.05) is 54.6 Å². The van der Waals surface area contributed by atoms with Crippen LogP contribution < -0.4 is 0 Å². The molecule has 0 amide bonds. The fraction of sp³-hybridized carbons (Fsp3) is 0.0952. The highest BCUT2D eigenvalue weighted by Gasteiger charge is 2.12. The monoisotopic (exact) mass is 354 g/mol. The van der Waals surface area contributed by atoms with Crippen molar-refractivity contribution in [2.24, 2.45) is 0 Å². The number of ether oxygens (including phenoxy) is 1. The van der Waals surface area contributed by atoms with Gasteiger partial charge < -0.3 is 20.1 Å². The summed E-state index contributed by atoms with van der Waals surface area (Å²) < 4.78 is 4.36.